The number of fused-ring (bicyclic) bond motifs is 1. The van der Waals surface area contributed by atoms with E-state index >= 15 is 0 Å². The van der Waals surface area contributed by atoms with Crippen LogP contribution < -0.4 is 19.4 Å². The van der Waals surface area contributed by atoms with Crippen molar-refractivity contribution in [2.24, 2.45) is 39.7 Å². The lowest BCUT2D eigenvalue weighted by Crippen LogP contribution is -2.48. The lowest BCUT2D eigenvalue weighted by atomic mass is 9.84. The number of halogens is 1. The van der Waals surface area contributed by atoms with Gasteiger partial charge in [-0.3, -0.25) is 19.7 Å². The average molecular weight is 749 g/mol. The Labute approximate surface area is 323 Å². The highest BCUT2D eigenvalue weighted by atomic mass is 35.5. The summed E-state index contributed by atoms with van der Waals surface area (Å²) in [5, 5.41) is 7.16. The molecule has 2 aromatic carbocycles. The first kappa shape index (κ1) is 35.4. The van der Waals surface area contributed by atoms with Crippen LogP contribution in [0.15, 0.2) is 99.4 Å². The summed E-state index contributed by atoms with van der Waals surface area (Å²) in [6.45, 7) is 11.5. The van der Waals surface area contributed by atoms with E-state index in [1.165, 1.54) is 11.4 Å². The Hall–Kier alpha value is -4.34. The van der Waals surface area contributed by atoms with Crippen LogP contribution in [0.25, 0.3) is 0 Å². The topological polar surface area (TPSA) is 82.4 Å². The molecular formula is C43H49ClN6O4. The molecule has 11 heteroatoms. The highest BCUT2D eigenvalue weighted by Gasteiger charge is 2.91. The zero-order valence-electron chi connectivity index (χ0n) is 31.3. The van der Waals surface area contributed by atoms with Gasteiger partial charge in [0, 0.05) is 72.7 Å². The Kier molecular flexibility index (Phi) is 9.21. The van der Waals surface area contributed by atoms with Gasteiger partial charge in [0.05, 0.1) is 37.1 Å². The normalized spacial score (nSPS) is 32.9. The molecule has 0 N–H and O–H groups in total. The fourth-order valence-electron chi connectivity index (χ4n) is 9.50. The van der Waals surface area contributed by atoms with Crippen molar-refractivity contribution >= 4 is 47.1 Å². The molecule has 2 aromatic rings. The van der Waals surface area contributed by atoms with E-state index < -0.39 is 5.79 Å². The van der Waals surface area contributed by atoms with E-state index in [-0.39, 0.29) is 29.4 Å². The number of nitrogens with zero attached hydrogens (tertiary/aromatic N) is 6. The predicted molar refractivity (Wildman–Crippen MR) is 213 cm³/mol. The van der Waals surface area contributed by atoms with E-state index in [9.17, 15) is 4.79 Å². The fraction of sp³-hybridized carbons (Fsp3) is 0.488. The Bertz CT molecular complexity index is 1950. The molecule has 8 atom stereocenters. The molecule has 3 aliphatic carbocycles. The van der Waals surface area contributed by atoms with Crippen molar-refractivity contribution in [3.63, 3.8) is 0 Å². The van der Waals surface area contributed by atoms with Crippen LogP contribution in [-0.4, -0.2) is 86.8 Å². The number of allylic oxidation sites excluding steroid dienone is 4. The summed E-state index contributed by atoms with van der Waals surface area (Å²) in [6, 6.07) is 16.7. The number of aliphatic imine (C=N–C) groups is 1. The van der Waals surface area contributed by atoms with Crippen LogP contribution in [0, 0.1) is 29.6 Å². The minimum absolute atomic E-state index is 0.00128. The van der Waals surface area contributed by atoms with E-state index in [0.29, 0.717) is 37.5 Å². The Morgan fingerprint density at radius 2 is 1.74 bits per heavy atom. The molecule has 282 valence electrons. The lowest BCUT2D eigenvalue weighted by Gasteiger charge is -2.39. The maximum absolute atomic E-state index is 13.3. The maximum Gasteiger partial charge on any atom is 0.238 e. The Balaban J connectivity index is 0.767. The quantitative estimate of drug-likeness (QED) is 0.229. The number of hydrogen-bond acceptors (Lipinski definition) is 9. The second kappa shape index (κ2) is 14.1. The van der Waals surface area contributed by atoms with Gasteiger partial charge in [0.25, 0.3) is 0 Å². The van der Waals surface area contributed by atoms with Crippen molar-refractivity contribution in [1.82, 2.24) is 5.01 Å². The van der Waals surface area contributed by atoms with Gasteiger partial charge in [0.15, 0.2) is 5.79 Å². The van der Waals surface area contributed by atoms with Gasteiger partial charge in [-0.25, -0.2) is 0 Å². The molecule has 1 amide bonds. The second-order valence-corrected chi connectivity index (χ2v) is 16.2. The third-order valence-electron chi connectivity index (χ3n) is 12.7. The molecule has 4 aliphatic heterocycles. The SMILES string of the molecule is CCC(C)C1[C@@H]2C3C(=O)N(c4ccc(N5CCN(c6ccc(OC[C@H]7CO[C@](CN8C=C=CCC=N8)(C8CC=C(Cl)C=C8C)O7)cc6)CC5)cc4)C=NC312. The largest absolute Gasteiger partial charge is 0.491 e. The monoisotopic (exact) mass is 748 g/mol. The molecule has 0 bridgehead atoms. The van der Waals surface area contributed by atoms with Crippen LogP contribution in [0.2, 0.25) is 0 Å². The zero-order valence-corrected chi connectivity index (χ0v) is 32.1. The van der Waals surface area contributed by atoms with Gasteiger partial charge in [-0.2, -0.15) is 5.10 Å². The molecular weight excluding hydrogens is 700 g/mol. The van der Waals surface area contributed by atoms with Gasteiger partial charge in [0.1, 0.15) is 18.5 Å². The molecule has 9 rings (SSSR count). The Morgan fingerprint density at radius 3 is 2.44 bits per heavy atom. The fourth-order valence-corrected chi connectivity index (χ4v) is 9.76. The van der Waals surface area contributed by atoms with Crippen molar-refractivity contribution in [2.75, 3.05) is 60.6 Å². The third kappa shape index (κ3) is 6.27. The highest BCUT2D eigenvalue weighted by Crippen LogP contribution is 2.82. The van der Waals surface area contributed by atoms with Gasteiger partial charge in [-0.15, -0.1) is 5.73 Å². The average Bonchev–Trinajstić information content (AvgIpc) is 4.03. The van der Waals surface area contributed by atoms with Crippen molar-refractivity contribution in [3.8, 4) is 5.75 Å². The first-order chi connectivity index (χ1) is 26.3. The van der Waals surface area contributed by atoms with Crippen LogP contribution in [0.5, 0.6) is 5.75 Å². The van der Waals surface area contributed by atoms with Crippen LogP contribution in [-0.2, 0) is 14.3 Å². The van der Waals surface area contributed by atoms with Crippen LogP contribution in [0.4, 0.5) is 17.1 Å². The van der Waals surface area contributed by atoms with E-state index in [2.05, 4.69) is 77.8 Å². The van der Waals surface area contributed by atoms with Gasteiger partial charge in [-0.05, 0) is 85.9 Å². The van der Waals surface area contributed by atoms with Crippen molar-refractivity contribution in [3.05, 3.63) is 89.3 Å². The summed E-state index contributed by atoms with van der Waals surface area (Å²) in [5.41, 5.74) is 7.49. The highest BCUT2D eigenvalue weighted by molar-refractivity contribution is 6.31. The van der Waals surface area contributed by atoms with Crippen molar-refractivity contribution in [1.29, 1.82) is 0 Å². The molecule has 4 heterocycles. The van der Waals surface area contributed by atoms with Gasteiger partial charge in [0.2, 0.25) is 5.91 Å². The van der Waals surface area contributed by atoms with Crippen LogP contribution >= 0.6 is 11.6 Å². The number of piperazine rings is 1. The van der Waals surface area contributed by atoms with Gasteiger partial charge in [-0.1, -0.05) is 43.5 Å². The molecule has 10 nitrogen and oxygen atoms in total. The smallest absolute Gasteiger partial charge is 0.238 e. The van der Waals surface area contributed by atoms with Crippen molar-refractivity contribution < 1.29 is 19.0 Å². The third-order valence-corrected chi connectivity index (χ3v) is 13.0. The predicted octanol–water partition coefficient (Wildman–Crippen LogP) is 6.99. The first-order valence-corrected chi connectivity index (χ1v) is 19.9. The number of rotatable bonds is 11. The minimum atomic E-state index is -0.894. The summed E-state index contributed by atoms with van der Waals surface area (Å²) >= 11 is 6.34. The van der Waals surface area contributed by atoms with Crippen LogP contribution in [0.1, 0.15) is 40.0 Å². The van der Waals surface area contributed by atoms with E-state index in [0.717, 1.165) is 67.5 Å². The second-order valence-electron chi connectivity index (χ2n) is 15.8. The number of benzene rings is 2. The minimum Gasteiger partial charge on any atom is -0.491 e. The number of amides is 1. The molecule has 2 saturated carbocycles. The lowest BCUT2D eigenvalue weighted by molar-refractivity contribution is -0.205. The zero-order chi connectivity index (χ0) is 37.0. The number of anilines is 3. The summed E-state index contributed by atoms with van der Waals surface area (Å²) in [4.78, 5) is 24.8. The molecule has 2 saturated heterocycles. The molecule has 7 aliphatic rings. The maximum atomic E-state index is 13.3. The molecule has 54 heavy (non-hydrogen) atoms. The molecule has 0 radical (unpaired) electrons. The number of hydrazone groups is 1. The van der Waals surface area contributed by atoms with Crippen LogP contribution in [0.3, 0.4) is 0 Å². The van der Waals surface area contributed by atoms with E-state index in [4.69, 9.17) is 30.8 Å². The Morgan fingerprint density at radius 1 is 1.04 bits per heavy atom. The standard InChI is InChI=1S/C43H49ClN6O4/c1-4-29(2)38-39-40-41(51)50(28-45-43(38,39)40)34-11-9-32(10-12-34)47-20-22-48(23-21-47)33-13-15-35(16-14-33)52-25-36-26-53-42(54-36,27-49-19-7-5-6-18-46-49)37-17-8-31(44)24-30(37)3/h5,8-16,18-19,24,28-29,36-40H,4,6,17,20-23,25-27H2,1-3H3/t29?,36-,37?,38?,39+,40?,42-,43?/m0/s1. The number of carbonyl (C=O) groups excluding carboxylic acids is 1. The number of carbonyl (C=O) groups is 1. The summed E-state index contributed by atoms with van der Waals surface area (Å²) in [6.07, 6.45) is 13.9. The molecule has 4 fully saturated rings. The van der Waals surface area contributed by atoms with E-state index in [1.54, 1.807) is 11.2 Å². The number of ether oxygens (including phenoxy) is 3. The van der Waals surface area contributed by atoms with Gasteiger partial charge >= 0.3 is 0 Å². The summed E-state index contributed by atoms with van der Waals surface area (Å²) < 4.78 is 19.5. The van der Waals surface area contributed by atoms with E-state index in [1.807, 2.05) is 47.8 Å². The first-order valence-electron chi connectivity index (χ1n) is 19.6. The number of hydrogen-bond donors (Lipinski definition) is 0. The molecule has 1 spiro atoms. The summed E-state index contributed by atoms with van der Waals surface area (Å²) in [7, 11) is 0. The molecule has 0 aromatic heterocycles. The van der Waals surface area contributed by atoms with Crippen molar-refractivity contribution in [2.45, 2.75) is 57.5 Å². The summed E-state index contributed by atoms with van der Waals surface area (Å²) in [5.74, 6) is 1.90. The molecule has 5 unspecified atom stereocenters. The van der Waals surface area contributed by atoms with Gasteiger partial charge < -0.3 is 24.0 Å².